The third-order valence-corrected chi connectivity index (χ3v) is 2.26. The van der Waals surface area contributed by atoms with Gasteiger partial charge in [-0.2, -0.15) is 0 Å². The highest BCUT2D eigenvalue weighted by Crippen LogP contribution is 2.13. The Morgan fingerprint density at radius 1 is 1.19 bits per heavy atom. The van der Waals surface area contributed by atoms with Gasteiger partial charge >= 0.3 is 0 Å². The molecular weight excluding hydrogens is 219 g/mol. The molecule has 1 aromatic rings. The van der Waals surface area contributed by atoms with Gasteiger partial charge in [0, 0.05) is 24.7 Å². The second-order valence-corrected chi connectivity index (χ2v) is 3.55. The third kappa shape index (κ3) is 3.50. The number of rotatable bonds is 5. The van der Waals surface area contributed by atoms with E-state index in [9.17, 15) is 18.3 Å². The molecule has 0 aliphatic carbocycles. The summed E-state index contributed by atoms with van der Waals surface area (Å²) in [5, 5.41) is 12.0. The highest BCUT2D eigenvalue weighted by Gasteiger charge is 2.09. The molecule has 0 aliphatic heterocycles. The predicted molar refractivity (Wildman–Crippen MR) is 54.3 cm³/mol. The summed E-state index contributed by atoms with van der Waals surface area (Å²) < 4.78 is 38.5. The van der Waals surface area contributed by atoms with E-state index in [1.807, 2.05) is 6.92 Å². The highest BCUT2D eigenvalue weighted by molar-refractivity contribution is 5.19. The molecule has 0 radical (unpaired) electrons. The summed E-state index contributed by atoms with van der Waals surface area (Å²) in [4.78, 5) is 0. The van der Waals surface area contributed by atoms with E-state index in [0.717, 1.165) is 6.07 Å². The number of aliphatic hydroxyl groups excluding tert-OH is 1. The van der Waals surface area contributed by atoms with Gasteiger partial charge in [0.2, 0.25) is 0 Å². The Morgan fingerprint density at radius 3 is 2.44 bits per heavy atom. The number of hydrogen-bond donors (Lipinski definition) is 2. The van der Waals surface area contributed by atoms with Crippen molar-refractivity contribution in [2.24, 2.45) is 0 Å². The molecular formula is C11H14F3NO. The minimum Gasteiger partial charge on any atom is -0.392 e. The quantitative estimate of drug-likeness (QED) is 0.762. The van der Waals surface area contributed by atoms with Crippen molar-refractivity contribution in [3.63, 3.8) is 0 Å². The number of nitrogens with one attached hydrogen (secondary N) is 1. The molecule has 0 saturated heterocycles. The molecule has 0 aliphatic rings. The van der Waals surface area contributed by atoms with Crippen LogP contribution in [0, 0.1) is 17.5 Å². The van der Waals surface area contributed by atoms with Crippen LogP contribution < -0.4 is 5.32 Å². The summed E-state index contributed by atoms with van der Waals surface area (Å²) in [7, 11) is 0. The van der Waals surface area contributed by atoms with Gasteiger partial charge in [-0.05, 0) is 12.5 Å². The Kier molecular flexibility index (Phi) is 4.76. The van der Waals surface area contributed by atoms with Crippen molar-refractivity contribution in [2.75, 3.05) is 6.54 Å². The van der Waals surface area contributed by atoms with Crippen LogP contribution in [0.1, 0.15) is 18.9 Å². The Hall–Kier alpha value is -1.07. The highest BCUT2D eigenvalue weighted by atomic mass is 19.2. The smallest absolute Gasteiger partial charge is 0.161 e. The fraction of sp³-hybridized carbons (Fsp3) is 0.455. The van der Waals surface area contributed by atoms with E-state index in [1.54, 1.807) is 0 Å². The molecule has 1 aromatic carbocycles. The van der Waals surface area contributed by atoms with Crippen LogP contribution in [-0.4, -0.2) is 17.8 Å². The normalized spacial score (nSPS) is 12.8. The maximum atomic E-state index is 13.1. The minimum atomic E-state index is -1.20. The molecule has 0 bridgehead atoms. The first-order chi connectivity index (χ1) is 7.54. The van der Waals surface area contributed by atoms with Gasteiger partial charge in [0.15, 0.2) is 11.6 Å². The van der Waals surface area contributed by atoms with E-state index in [4.69, 9.17) is 0 Å². The zero-order chi connectivity index (χ0) is 12.1. The first kappa shape index (κ1) is 13.0. The summed E-state index contributed by atoms with van der Waals surface area (Å²) in [5.74, 6) is -3.07. The summed E-state index contributed by atoms with van der Waals surface area (Å²) >= 11 is 0. The van der Waals surface area contributed by atoms with Crippen LogP contribution >= 0.6 is 0 Å². The van der Waals surface area contributed by atoms with E-state index < -0.39 is 23.6 Å². The van der Waals surface area contributed by atoms with Crippen LogP contribution in [0.2, 0.25) is 0 Å². The maximum absolute atomic E-state index is 13.1. The van der Waals surface area contributed by atoms with Gasteiger partial charge in [0.05, 0.1) is 6.10 Å². The average molecular weight is 233 g/mol. The lowest BCUT2D eigenvalue weighted by molar-refractivity contribution is 0.167. The molecule has 0 saturated carbocycles. The number of hydrogen-bond acceptors (Lipinski definition) is 2. The SMILES string of the molecule is CCC(O)CNCc1cc(F)c(F)cc1F. The third-order valence-electron chi connectivity index (χ3n) is 2.26. The first-order valence-electron chi connectivity index (χ1n) is 5.06. The average Bonchev–Trinajstić information content (AvgIpc) is 2.25. The summed E-state index contributed by atoms with van der Waals surface area (Å²) in [6.07, 6.45) is 0.0566. The Labute approximate surface area is 92.1 Å². The standard InChI is InChI=1S/C11H14F3NO/c1-2-8(16)6-15-5-7-3-10(13)11(14)4-9(7)12/h3-4,8,15-16H,2,5-6H2,1H3. The molecule has 2 N–H and O–H groups in total. The maximum Gasteiger partial charge on any atom is 0.161 e. The number of benzene rings is 1. The molecule has 2 nitrogen and oxygen atoms in total. The molecule has 0 amide bonds. The van der Waals surface area contributed by atoms with Crippen molar-refractivity contribution in [1.82, 2.24) is 5.32 Å². The molecule has 1 atom stereocenters. The van der Waals surface area contributed by atoms with Crippen molar-refractivity contribution < 1.29 is 18.3 Å². The van der Waals surface area contributed by atoms with Crippen LogP contribution in [0.3, 0.4) is 0 Å². The lowest BCUT2D eigenvalue weighted by Crippen LogP contribution is -2.26. The second-order valence-electron chi connectivity index (χ2n) is 3.55. The van der Waals surface area contributed by atoms with E-state index in [1.165, 1.54) is 0 Å². The van der Waals surface area contributed by atoms with Crippen molar-refractivity contribution >= 4 is 0 Å². The van der Waals surface area contributed by atoms with Crippen molar-refractivity contribution in [2.45, 2.75) is 26.0 Å². The van der Waals surface area contributed by atoms with Crippen molar-refractivity contribution in [1.29, 1.82) is 0 Å². The lowest BCUT2D eigenvalue weighted by Gasteiger charge is -2.10. The molecule has 90 valence electrons. The molecule has 5 heteroatoms. The number of aliphatic hydroxyl groups is 1. The predicted octanol–water partition coefficient (Wildman–Crippen LogP) is 1.96. The van der Waals surface area contributed by atoms with Crippen LogP contribution in [0.25, 0.3) is 0 Å². The van der Waals surface area contributed by atoms with Gasteiger partial charge in [0.25, 0.3) is 0 Å². The second kappa shape index (κ2) is 5.86. The molecule has 0 heterocycles. The van der Waals surface area contributed by atoms with Gasteiger partial charge in [-0.1, -0.05) is 6.92 Å². The molecule has 0 spiro atoms. The van der Waals surface area contributed by atoms with Gasteiger partial charge in [-0.3, -0.25) is 0 Å². The summed E-state index contributed by atoms with van der Waals surface area (Å²) in [5.41, 5.74) is 0.0437. The monoisotopic (exact) mass is 233 g/mol. The fourth-order valence-electron chi connectivity index (χ4n) is 1.22. The molecule has 0 fully saturated rings. The minimum absolute atomic E-state index is 0.0437. The van der Waals surface area contributed by atoms with Crippen LogP contribution in [-0.2, 0) is 6.54 Å². The van der Waals surface area contributed by atoms with E-state index >= 15 is 0 Å². The van der Waals surface area contributed by atoms with Crippen molar-refractivity contribution in [3.05, 3.63) is 35.1 Å². The van der Waals surface area contributed by atoms with E-state index in [2.05, 4.69) is 5.32 Å². The van der Waals surface area contributed by atoms with Gasteiger partial charge in [-0.25, -0.2) is 13.2 Å². The molecule has 1 unspecified atom stereocenters. The van der Waals surface area contributed by atoms with E-state index in [-0.39, 0.29) is 18.7 Å². The van der Waals surface area contributed by atoms with Crippen LogP contribution in [0.4, 0.5) is 13.2 Å². The van der Waals surface area contributed by atoms with Gasteiger partial charge < -0.3 is 10.4 Å². The Balaban J connectivity index is 2.57. The van der Waals surface area contributed by atoms with Crippen LogP contribution in [0.15, 0.2) is 12.1 Å². The molecule has 0 aromatic heterocycles. The largest absolute Gasteiger partial charge is 0.392 e. The lowest BCUT2D eigenvalue weighted by atomic mass is 10.2. The van der Waals surface area contributed by atoms with Gasteiger partial charge in [0.1, 0.15) is 5.82 Å². The van der Waals surface area contributed by atoms with Gasteiger partial charge in [-0.15, -0.1) is 0 Å². The van der Waals surface area contributed by atoms with Crippen LogP contribution in [0.5, 0.6) is 0 Å². The van der Waals surface area contributed by atoms with Crippen molar-refractivity contribution in [3.8, 4) is 0 Å². The Morgan fingerprint density at radius 2 is 1.81 bits per heavy atom. The summed E-state index contributed by atoms with van der Waals surface area (Å²) in [6, 6.07) is 1.33. The molecule has 16 heavy (non-hydrogen) atoms. The zero-order valence-corrected chi connectivity index (χ0v) is 8.93. The topological polar surface area (TPSA) is 32.3 Å². The molecule has 1 rings (SSSR count). The summed E-state index contributed by atoms with van der Waals surface area (Å²) in [6.45, 7) is 2.15. The first-order valence-corrected chi connectivity index (χ1v) is 5.06. The van der Waals surface area contributed by atoms with E-state index in [0.29, 0.717) is 12.5 Å². The number of halogens is 3. The zero-order valence-electron chi connectivity index (χ0n) is 8.93. The fourth-order valence-corrected chi connectivity index (χ4v) is 1.22. The Bertz CT molecular complexity index is 357.